The monoisotopic (exact) mass is 256 g/mol. The summed E-state index contributed by atoms with van der Waals surface area (Å²) in [5.74, 6) is 0.226. The van der Waals surface area contributed by atoms with Crippen LogP contribution in [-0.4, -0.2) is 6.61 Å². The largest absolute Gasteiger partial charge is 0.493 e. The lowest BCUT2D eigenvalue weighted by atomic mass is 10.1. The Morgan fingerprint density at radius 1 is 1.22 bits per heavy atom. The number of hydrogen-bond donors (Lipinski definition) is 0. The van der Waals surface area contributed by atoms with Crippen molar-refractivity contribution in [2.24, 2.45) is 0 Å². The average molecular weight is 256 g/mol. The predicted octanol–water partition coefficient (Wildman–Crippen LogP) is 4.36. The van der Waals surface area contributed by atoms with Gasteiger partial charge in [0.1, 0.15) is 11.5 Å². The molecule has 96 valence electrons. The number of halogens is 3. The van der Waals surface area contributed by atoms with Crippen molar-refractivity contribution in [2.75, 3.05) is 6.61 Å². The van der Waals surface area contributed by atoms with Crippen molar-refractivity contribution in [3.05, 3.63) is 42.2 Å². The van der Waals surface area contributed by atoms with E-state index in [2.05, 4.69) is 0 Å². The molecule has 1 heterocycles. The van der Waals surface area contributed by atoms with Crippen molar-refractivity contribution in [3.8, 4) is 17.1 Å². The second-order valence-corrected chi connectivity index (χ2v) is 3.62. The molecule has 2 aromatic rings. The Bertz CT molecular complexity index is 516. The van der Waals surface area contributed by atoms with Gasteiger partial charge in [-0.05, 0) is 37.3 Å². The SMILES string of the molecule is CCOc1ccc(-c2ccco2)cc1C(F)(F)F. The molecular formula is C13H11F3O2. The number of alkyl halides is 3. The number of furan rings is 1. The van der Waals surface area contributed by atoms with E-state index >= 15 is 0 Å². The Hall–Kier alpha value is -1.91. The van der Waals surface area contributed by atoms with Gasteiger partial charge >= 0.3 is 6.18 Å². The summed E-state index contributed by atoms with van der Waals surface area (Å²) in [4.78, 5) is 0. The van der Waals surface area contributed by atoms with Gasteiger partial charge in [0.25, 0.3) is 0 Å². The van der Waals surface area contributed by atoms with Crippen LogP contribution < -0.4 is 4.74 Å². The van der Waals surface area contributed by atoms with Crippen LogP contribution in [-0.2, 0) is 6.18 Å². The highest BCUT2D eigenvalue weighted by atomic mass is 19.4. The molecule has 0 radical (unpaired) electrons. The molecule has 0 aliphatic rings. The standard InChI is InChI=1S/C13H11F3O2/c1-2-17-12-6-5-9(11-4-3-7-18-11)8-10(12)13(14,15)16/h3-8H,2H2,1H3. The van der Waals surface area contributed by atoms with Crippen molar-refractivity contribution >= 4 is 0 Å². The van der Waals surface area contributed by atoms with E-state index in [4.69, 9.17) is 9.15 Å². The van der Waals surface area contributed by atoms with Crippen LogP contribution in [0.5, 0.6) is 5.75 Å². The fourth-order valence-electron chi connectivity index (χ4n) is 1.63. The number of hydrogen-bond acceptors (Lipinski definition) is 2. The van der Waals surface area contributed by atoms with Gasteiger partial charge in [0.15, 0.2) is 0 Å². The third kappa shape index (κ3) is 2.50. The highest BCUT2D eigenvalue weighted by molar-refractivity contribution is 5.61. The lowest BCUT2D eigenvalue weighted by Gasteiger charge is -2.13. The first-order valence-electron chi connectivity index (χ1n) is 5.40. The van der Waals surface area contributed by atoms with Gasteiger partial charge in [-0.1, -0.05) is 0 Å². The maximum absolute atomic E-state index is 12.9. The lowest BCUT2D eigenvalue weighted by molar-refractivity contribution is -0.138. The highest BCUT2D eigenvalue weighted by Crippen LogP contribution is 2.38. The topological polar surface area (TPSA) is 22.4 Å². The first-order valence-corrected chi connectivity index (χ1v) is 5.40. The molecule has 0 amide bonds. The Morgan fingerprint density at radius 2 is 2.00 bits per heavy atom. The van der Waals surface area contributed by atoms with Crippen LogP contribution >= 0.6 is 0 Å². The van der Waals surface area contributed by atoms with Gasteiger partial charge in [0, 0.05) is 5.56 Å². The number of ether oxygens (including phenoxy) is 1. The minimum atomic E-state index is -4.45. The van der Waals surface area contributed by atoms with Gasteiger partial charge in [-0.2, -0.15) is 13.2 Å². The van der Waals surface area contributed by atoms with Crippen LogP contribution in [0.25, 0.3) is 11.3 Å². The van der Waals surface area contributed by atoms with Crippen molar-refractivity contribution in [1.29, 1.82) is 0 Å². The van der Waals surface area contributed by atoms with E-state index in [-0.39, 0.29) is 12.4 Å². The number of rotatable bonds is 3. The summed E-state index contributed by atoms with van der Waals surface area (Å²) in [6.45, 7) is 1.82. The summed E-state index contributed by atoms with van der Waals surface area (Å²) in [5.41, 5.74) is -0.422. The molecule has 1 aromatic heterocycles. The normalized spacial score (nSPS) is 11.6. The average Bonchev–Trinajstić information content (AvgIpc) is 2.82. The second kappa shape index (κ2) is 4.76. The fraction of sp³-hybridized carbons (Fsp3) is 0.231. The van der Waals surface area contributed by atoms with Crippen LogP contribution in [0, 0.1) is 0 Å². The Morgan fingerprint density at radius 3 is 2.56 bits per heavy atom. The maximum Gasteiger partial charge on any atom is 0.419 e. The van der Waals surface area contributed by atoms with Crippen LogP contribution in [0.4, 0.5) is 13.2 Å². The van der Waals surface area contributed by atoms with E-state index in [0.29, 0.717) is 11.3 Å². The zero-order valence-electron chi connectivity index (χ0n) is 9.62. The van der Waals surface area contributed by atoms with Gasteiger partial charge in [-0.15, -0.1) is 0 Å². The first kappa shape index (κ1) is 12.5. The summed E-state index contributed by atoms with van der Waals surface area (Å²) >= 11 is 0. The predicted molar refractivity (Wildman–Crippen MR) is 60.3 cm³/mol. The lowest BCUT2D eigenvalue weighted by Crippen LogP contribution is -2.08. The van der Waals surface area contributed by atoms with E-state index in [0.717, 1.165) is 6.07 Å². The summed E-state index contributed by atoms with van der Waals surface area (Å²) in [5, 5.41) is 0. The Labute approximate surface area is 102 Å². The number of benzene rings is 1. The molecule has 0 aliphatic heterocycles. The summed E-state index contributed by atoms with van der Waals surface area (Å²) < 4.78 is 48.7. The van der Waals surface area contributed by atoms with Gasteiger partial charge in [-0.25, -0.2) is 0 Å². The van der Waals surface area contributed by atoms with Crippen LogP contribution in [0.15, 0.2) is 41.0 Å². The molecule has 0 saturated carbocycles. The molecule has 18 heavy (non-hydrogen) atoms. The van der Waals surface area contributed by atoms with Gasteiger partial charge in [0.05, 0.1) is 18.4 Å². The first-order chi connectivity index (χ1) is 8.52. The van der Waals surface area contributed by atoms with Gasteiger partial charge in [0.2, 0.25) is 0 Å². The summed E-state index contributed by atoms with van der Waals surface area (Å²) in [6, 6.07) is 7.11. The molecule has 0 aliphatic carbocycles. The van der Waals surface area contributed by atoms with Crippen molar-refractivity contribution < 1.29 is 22.3 Å². The van der Waals surface area contributed by atoms with Crippen molar-refractivity contribution in [2.45, 2.75) is 13.1 Å². The minimum absolute atomic E-state index is 0.166. The van der Waals surface area contributed by atoms with Gasteiger partial charge < -0.3 is 9.15 Å². The molecule has 0 spiro atoms. The highest BCUT2D eigenvalue weighted by Gasteiger charge is 2.34. The van der Waals surface area contributed by atoms with Gasteiger partial charge in [-0.3, -0.25) is 0 Å². The van der Waals surface area contributed by atoms with E-state index in [9.17, 15) is 13.2 Å². The molecule has 2 rings (SSSR count). The van der Waals surface area contributed by atoms with Crippen LogP contribution in [0.2, 0.25) is 0 Å². The van der Waals surface area contributed by atoms with Crippen LogP contribution in [0.3, 0.4) is 0 Å². The molecule has 0 saturated heterocycles. The van der Waals surface area contributed by atoms with Crippen LogP contribution in [0.1, 0.15) is 12.5 Å². The molecule has 0 unspecified atom stereocenters. The zero-order chi connectivity index (χ0) is 13.2. The minimum Gasteiger partial charge on any atom is -0.493 e. The molecule has 5 heteroatoms. The van der Waals surface area contributed by atoms with Crippen molar-refractivity contribution in [3.63, 3.8) is 0 Å². The Kier molecular flexibility index (Phi) is 3.32. The smallest absolute Gasteiger partial charge is 0.419 e. The fourth-order valence-corrected chi connectivity index (χ4v) is 1.63. The second-order valence-electron chi connectivity index (χ2n) is 3.62. The third-order valence-electron chi connectivity index (χ3n) is 2.39. The third-order valence-corrected chi connectivity index (χ3v) is 2.39. The molecule has 0 bridgehead atoms. The molecule has 1 aromatic carbocycles. The quantitative estimate of drug-likeness (QED) is 0.813. The molecule has 2 nitrogen and oxygen atoms in total. The van der Waals surface area contributed by atoms with E-state index in [1.54, 1.807) is 25.1 Å². The van der Waals surface area contributed by atoms with E-state index < -0.39 is 11.7 Å². The van der Waals surface area contributed by atoms with E-state index in [1.807, 2.05) is 0 Å². The summed E-state index contributed by atoms with van der Waals surface area (Å²) in [7, 11) is 0. The molecular weight excluding hydrogens is 245 g/mol. The van der Waals surface area contributed by atoms with E-state index in [1.165, 1.54) is 12.3 Å². The Balaban J connectivity index is 2.49. The molecule has 0 N–H and O–H groups in total. The zero-order valence-corrected chi connectivity index (χ0v) is 9.62. The maximum atomic E-state index is 12.9. The molecule has 0 fully saturated rings. The molecule has 0 atom stereocenters. The summed E-state index contributed by atoms with van der Waals surface area (Å²) in [6.07, 6.45) is -3.04. The van der Waals surface area contributed by atoms with Crippen molar-refractivity contribution in [1.82, 2.24) is 0 Å².